The molecular formula is C48H34N2Si. The van der Waals surface area contributed by atoms with E-state index in [4.69, 9.17) is 13.7 Å². The summed E-state index contributed by atoms with van der Waals surface area (Å²) in [4.78, 5) is 0. The summed E-state index contributed by atoms with van der Waals surface area (Å²) in [5, 5.41) is 3.28. The topological polar surface area (TPSA) is 9.86 Å². The van der Waals surface area contributed by atoms with Crippen molar-refractivity contribution < 1.29 is 20.6 Å². The highest BCUT2D eigenvalue weighted by molar-refractivity contribution is 7.19. The summed E-state index contributed by atoms with van der Waals surface area (Å²) in [6.45, 7) is 0. The number of benzene rings is 8. The molecule has 0 saturated heterocycles. The molecule has 0 aliphatic rings. The zero-order chi connectivity index (χ0) is 46.8. The van der Waals surface area contributed by atoms with Crippen molar-refractivity contribution in [2.24, 2.45) is 0 Å². The molecule has 0 saturated carbocycles. The molecular weight excluding hydrogens is 633 g/mol. The maximum atomic E-state index is 9.84. The molecule has 240 valence electrons. The molecule has 2 nitrogen and oxygen atoms in total. The van der Waals surface area contributed by atoms with Crippen LogP contribution in [0.5, 0.6) is 0 Å². The summed E-state index contributed by atoms with van der Waals surface area (Å²) in [6.07, 6.45) is 0. The van der Waals surface area contributed by atoms with Crippen molar-refractivity contribution in [2.75, 3.05) is 0 Å². The van der Waals surface area contributed by atoms with Crippen LogP contribution < -0.4 is 20.7 Å². The van der Waals surface area contributed by atoms with Gasteiger partial charge in [0.05, 0.1) is 42.6 Å². The van der Waals surface area contributed by atoms with E-state index in [1.807, 2.05) is 72.8 Å². The van der Waals surface area contributed by atoms with Crippen molar-refractivity contribution >= 4 is 72.4 Å². The third kappa shape index (κ3) is 4.42. The second-order valence-electron chi connectivity index (χ2n) is 12.2. The summed E-state index contributed by atoms with van der Waals surface area (Å²) in [6, 6.07) is 28.2. The predicted molar refractivity (Wildman–Crippen MR) is 219 cm³/mol. The van der Waals surface area contributed by atoms with Crippen LogP contribution in [0.2, 0.25) is 0 Å². The Kier molecular flexibility index (Phi) is 4.19. The van der Waals surface area contributed by atoms with Gasteiger partial charge in [0.25, 0.3) is 0 Å². The van der Waals surface area contributed by atoms with Crippen molar-refractivity contribution in [3.05, 3.63) is 206 Å². The van der Waals surface area contributed by atoms with Crippen LogP contribution >= 0.6 is 0 Å². The number of hydrogen-bond acceptors (Lipinski definition) is 0. The van der Waals surface area contributed by atoms with Crippen molar-refractivity contribution in [2.45, 2.75) is 0 Å². The van der Waals surface area contributed by atoms with Crippen molar-refractivity contribution in [3.8, 4) is 11.4 Å². The van der Waals surface area contributed by atoms with Crippen LogP contribution in [-0.4, -0.2) is 17.2 Å². The lowest BCUT2D eigenvalue weighted by molar-refractivity contribution is 1.18. The summed E-state index contributed by atoms with van der Waals surface area (Å²) in [5.74, 6) is 0. The molecule has 0 unspecified atom stereocenters. The van der Waals surface area contributed by atoms with E-state index in [0.717, 1.165) is 25.3 Å². The van der Waals surface area contributed by atoms with Gasteiger partial charge in [-0.25, -0.2) is 0 Å². The molecule has 0 amide bonds. The Morgan fingerprint density at radius 2 is 0.902 bits per heavy atom. The summed E-state index contributed by atoms with van der Waals surface area (Å²) in [5.41, 5.74) is -0.875. The molecule has 2 aromatic heterocycles. The molecule has 0 bridgehead atoms. The Morgan fingerprint density at radius 3 is 1.53 bits per heavy atom. The lowest BCUT2D eigenvalue weighted by Crippen LogP contribution is -2.74. The van der Waals surface area contributed by atoms with E-state index in [-0.39, 0.29) is 43.6 Å². The van der Waals surface area contributed by atoms with Gasteiger partial charge in [0.1, 0.15) is 0 Å². The second-order valence-corrected chi connectivity index (χ2v) is 16.0. The molecule has 0 atom stereocenters. The van der Waals surface area contributed by atoms with Gasteiger partial charge in [0.15, 0.2) is 8.07 Å². The SMILES string of the molecule is [2H]c1c([2H])c([2H])c(-n2c3c([2H])c([2H])c([2H])c([2H])c3c3c([2H])c([2H])c4c(c5c([2H])c([2H])c([2H])c([2H])c5n4-c4cccc([Si](c5ccccc5)(c5ccccc5)c5ccccc5)c4)c32)c([2H])c1[2H]. The number of fused-ring (bicyclic) bond motifs is 7. The highest BCUT2D eigenvalue weighted by Gasteiger charge is 2.41. The van der Waals surface area contributed by atoms with Crippen LogP contribution in [-0.2, 0) is 0 Å². The van der Waals surface area contributed by atoms with Crippen LogP contribution in [0.1, 0.15) is 20.6 Å². The minimum Gasteiger partial charge on any atom is -0.309 e. The second kappa shape index (κ2) is 11.9. The Bertz CT molecular complexity index is 3580. The van der Waals surface area contributed by atoms with Gasteiger partial charge in [-0.2, -0.15) is 0 Å². The van der Waals surface area contributed by atoms with E-state index >= 15 is 0 Å². The average Bonchev–Trinajstić information content (AvgIpc) is 3.88. The normalized spacial score (nSPS) is 16.0. The molecule has 3 heteroatoms. The van der Waals surface area contributed by atoms with Gasteiger partial charge in [0.2, 0.25) is 0 Å². The number of hydrogen-bond donors (Lipinski definition) is 0. The van der Waals surface area contributed by atoms with E-state index in [1.165, 1.54) is 4.57 Å². The van der Waals surface area contributed by atoms with Gasteiger partial charge in [-0.05, 0) is 63.1 Å². The minimum atomic E-state index is -3.24. The highest BCUT2D eigenvalue weighted by Crippen LogP contribution is 2.41. The molecule has 10 rings (SSSR count). The number of nitrogens with zero attached hydrogens (tertiary/aromatic N) is 2. The van der Waals surface area contributed by atoms with E-state index in [1.54, 1.807) is 6.07 Å². The maximum absolute atomic E-state index is 9.84. The Morgan fingerprint density at radius 1 is 0.373 bits per heavy atom. The average molecular weight is 682 g/mol. The first-order valence-corrected chi connectivity index (χ1v) is 18.4. The smallest absolute Gasteiger partial charge is 0.179 e. The third-order valence-corrected chi connectivity index (χ3v) is 14.4. The Hall–Kier alpha value is -6.42. The van der Waals surface area contributed by atoms with Crippen LogP contribution in [0.3, 0.4) is 0 Å². The molecule has 0 aliphatic carbocycles. The fourth-order valence-corrected chi connectivity index (χ4v) is 12.4. The molecule has 0 N–H and O–H groups in total. The Labute approximate surface area is 319 Å². The maximum Gasteiger partial charge on any atom is 0.179 e. The predicted octanol–water partition coefficient (Wildman–Crippen LogP) is 9.26. The lowest BCUT2D eigenvalue weighted by Gasteiger charge is -2.34. The van der Waals surface area contributed by atoms with E-state index in [2.05, 4.69) is 36.4 Å². The largest absolute Gasteiger partial charge is 0.309 e. The van der Waals surface area contributed by atoms with Gasteiger partial charge in [0, 0.05) is 32.9 Å². The summed E-state index contributed by atoms with van der Waals surface area (Å²) < 4.78 is 139. The van der Waals surface area contributed by atoms with Crippen LogP contribution in [0.15, 0.2) is 206 Å². The summed E-state index contributed by atoms with van der Waals surface area (Å²) in [7, 11) is -3.24. The molecule has 10 aromatic rings. The Balaban J connectivity index is 1.47. The van der Waals surface area contributed by atoms with Crippen molar-refractivity contribution in [1.29, 1.82) is 0 Å². The molecule has 2 heterocycles. The monoisotopic (exact) mass is 681 g/mol. The van der Waals surface area contributed by atoms with Crippen LogP contribution in [0.4, 0.5) is 0 Å². The highest BCUT2D eigenvalue weighted by atomic mass is 28.3. The summed E-state index contributed by atoms with van der Waals surface area (Å²) >= 11 is 0. The van der Waals surface area contributed by atoms with E-state index < -0.39 is 104 Å². The number of para-hydroxylation sites is 3. The van der Waals surface area contributed by atoms with Gasteiger partial charge in [-0.3, -0.25) is 0 Å². The first-order chi connectivity index (χ1) is 31.6. The minimum absolute atomic E-state index is 0.0858. The first-order valence-electron chi connectivity index (χ1n) is 23.9. The molecule has 51 heavy (non-hydrogen) atoms. The third-order valence-electron chi connectivity index (χ3n) is 9.61. The number of rotatable bonds is 6. The lowest BCUT2D eigenvalue weighted by atomic mass is 10.1. The van der Waals surface area contributed by atoms with Gasteiger partial charge < -0.3 is 9.13 Å². The molecule has 8 aromatic carbocycles. The van der Waals surface area contributed by atoms with Gasteiger partial charge >= 0.3 is 0 Å². The quantitative estimate of drug-likeness (QED) is 0.122. The van der Waals surface area contributed by atoms with Gasteiger partial charge in [-0.15, -0.1) is 0 Å². The number of aromatic nitrogens is 2. The fraction of sp³-hybridized carbons (Fsp3) is 0. The molecule has 0 spiro atoms. The van der Waals surface area contributed by atoms with E-state index in [0.29, 0.717) is 5.69 Å². The van der Waals surface area contributed by atoms with Crippen LogP contribution in [0, 0.1) is 0 Å². The zero-order valence-corrected chi connectivity index (χ0v) is 27.9. The zero-order valence-electron chi connectivity index (χ0n) is 41.9. The molecule has 0 fully saturated rings. The van der Waals surface area contributed by atoms with Crippen molar-refractivity contribution in [1.82, 2.24) is 9.13 Å². The van der Waals surface area contributed by atoms with Gasteiger partial charge in [-0.1, -0.05) is 164 Å². The molecule has 0 aliphatic heterocycles. The van der Waals surface area contributed by atoms with Crippen LogP contribution in [0.25, 0.3) is 55.0 Å². The molecule has 0 radical (unpaired) electrons. The standard InChI is InChI=1S/C48H34N2Si/c1-5-18-35(19-6-1)50-44-30-15-13-28-41(44)42-32-33-46-47(48(42)50)43-29-14-16-31-45(43)49(46)36-20-17-27-40(34-36)51(37-21-7-2-8-22-37,38-23-9-3-10-24-38)39-25-11-4-12-26-39/h1-34H/i1D,5D,6D,13D,14D,15D,16D,18D,19D,28D,29D,30D,31D,32D,33D. The first kappa shape index (κ1) is 18.0. The van der Waals surface area contributed by atoms with Crippen molar-refractivity contribution in [3.63, 3.8) is 0 Å². The van der Waals surface area contributed by atoms with E-state index in [9.17, 15) is 6.85 Å². The fourth-order valence-electron chi connectivity index (χ4n) is 7.60.